The molecule has 1 fully saturated rings. The highest BCUT2D eigenvalue weighted by atomic mass is 16.5. The van der Waals surface area contributed by atoms with Crippen molar-refractivity contribution in [2.24, 2.45) is 0 Å². The van der Waals surface area contributed by atoms with Crippen LogP contribution >= 0.6 is 0 Å². The van der Waals surface area contributed by atoms with Gasteiger partial charge in [-0.05, 0) is 51.5 Å². The van der Waals surface area contributed by atoms with Crippen LogP contribution in [0.25, 0.3) is 0 Å². The maximum atomic E-state index is 12.5. The van der Waals surface area contributed by atoms with E-state index in [0.29, 0.717) is 24.2 Å². The average Bonchev–Trinajstić information content (AvgIpc) is 2.29. The molecule has 19 heavy (non-hydrogen) atoms. The summed E-state index contributed by atoms with van der Waals surface area (Å²) in [6, 6.07) is 4.96. The summed E-state index contributed by atoms with van der Waals surface area (Å²) in [6.07, 6.45) is 0.0333. The molecule has 0 aromatic heterocycles. The first kappa shape index (κ1) is 13.9. The van der Waals surface area contributed by atoms with E-state index in [1.54, 1.807) is 25.1 Å². The van der Waals surface area contributed by atoms with Crippen molar-refractivity contribution in [3.63, 3.8) is 0 Å². The third-order valence-corrected chi connectivity index (χ3v) is 3.30. The lowest BCUT2D eigenvalue weighted by atomic mass is 10.0. The molecule has 0 saturated carbocycles. The van der Waals surface area contributed by atoms with Gasteiger partial charge in [0.2, 0.25) is 0 Å². The zero-order valence-corrected chi connectivity index (χ0v) is 11.9. The molecule has 1 heterocycles. The Hall–Kier alpha value is -1.55. The molecule has 1 aromatic rings. The average molecular weight is 263 g/mol. The van der Waals surface area contributed by atoms with Gasteiger partial charge in [-0.2, -0.15) is 0 Å². The number of aryl methyl sites for hydroxylation is 1. The number of phenolic OH excluding ortho intramolecular Hbond substituents is 1. The first-order chi connectivity index (χ1) is 8.78. The van der Waals surface area contributed by atoms with Crippen LogP contribution < -0.4 is 0 Å². The predicted octanol–water partition coefficient (Wildman–Crippen LogP) is 2.34. The standard InChI is InChI=1S/C15H21NO3/c1-10-7-12(5-6-13(10)17)14(18)16-8-11(2)19-15(3,4)9-16/h5-7,11,17H,8-9H2,1-4H3. The number of phenols is 1. The minimum Gasteiger partial charge on any atom is -0.508 e. The first-order valence-corrected chi connectivity index (χ1v) is 6.55. The molecule has 0 spiro atoms. The number of carbonyl (C=O) groups is 1. The van der Waals surface area contributed by atoms with Crippen LogP contribution in [0.4, 0.5) is 0 Å². The zero-order chi connectivity index (χ0) is 14.2. The van der Waals surface area contributed by atoms with Crippen LogP contribution in [0, 0.1) is 6.92 Å². The van der Waals surface area contributed by atoms with Gasteiger partial charge in [0, 0.05) is 18.7 Å². The van der Waals surface area contributed by atoms with Crippen molar-refractivity contribution in [3.8, 4) is 5.75 Å². The highest BCUT2D eigenvalue weighted by molar-refractivity contribution is 5.94. The van der Waals surface area contributed by atoms with Gasteiger partial charge in [-0.25, -0.2) is 0 Å². The number of rotatable bonds is 1. The van der Waals surface area contributed by atoms with E-state index in [0.717, 1.165) is 0 Å². The lowest BCUT2D eigenvalue weighted by molar-refractivity contribution is -0.118. The van der Waals surface area contributed by atoms with Crippen molar-refractivity contribution in [2.45, 2.75) is 39.4 Å². The van der Waals surface area contributed by atoms with E-state index in [1.807, 2.05) is 25.7 Å². The van der Waals surface area contributed by atoms with Crippen molar-refractivity contribution < 1.29 is 14.6 Å². The smallest absolute Gasteiger partial charge is 0.254 e. The molecule has 1 aromatic carbocycles. The number of ether oxygens (including phenoxy) is 1. The van der Waals surface area contributed by atoms with E-state index < -0.39 is 0 Å². The molecule has 4 nitrogen and oxygen atoms in total. The van der Waals surface area contributed by atoms with Crippen LogP contribution in [0.15, 0.2) is 18.2 Å². The number of hydrogen-bond donors (Lipinski definition) is 1. The lowest BCUT2D eigenvalue weighted by Gasteiger charge is -2.41. The third kappa shape index (κ3) is 3.07. The van der Waals surface area contributed by atoms with Crippen molar-refractivity contribution in [3.05, 3.63) is 29.3 Å². The molecule has 2 rings (SSSR count). The Bertz CT molecular complexity index is 496. The van der Waals surface area contributed by atoms with Gasteiger partial charge in [-0.1, -0.05) is 0 Å². The SMILES string of the molecule is Cc1cc(C(=O)N2CC(C)OC(C)(C)C2)ccc1O. The molecule has 1 amide bonds. The Morgan fingerprint density at radius 1 is 1.47 bits per heavy atom. The van der Waals surface area contributed by atoms with Crippen molar-refractivity contribution >= 4 is 5.91 Å². The van der Waals surface area contributed by atoms with Gasteiger partial charge in [-0.3, -0.25) is 4.79 Å². The van der Waals surface area contributed by atoms with Crippen LogP contribution in [-0.2, 0) is 4.74 Å². The number of aromatic hydroxyl groups is 1. The van der Waals surface area contributed by atoms with E-state index in [1.165, 1.54) is 0 Å². The Balaban J connectivity index is 2.21. The maximum Gasteiger partial charge on any atom is 0.254 e. The van der Waals surface area contributed by atoms with E-state index in [9.17, 15) is 9.90 Å². The first-order valence-electron chi connectivity index (χ1n) is 6.55. The number of benzene rings is 1. The summed E-state index contributed by atoms with van der Waals surface area (Å²) in [4.78, 5) is 14.3. The van der Waals surface area contributed by atoms with Gasteiger partial charge in [0.05, 0.1) is 11.7 Å². The number of morpholine rings is 1. The van der Waals surface area contributed by atoms with Gasteiger partial charge < -0.3 is 14.7 Å². The normalized spacial score (nSPS) is 22.3. The second kappa shape index (κ2) is 4.85. The van der Waals surface area contributed by atoms with Crippen LogP contribution in [0.2, 0.25) is 0 Å². The monoisotopic (exact) mass is 263 g/mol. The Morgan fingerprint density at radius 2 is 2.16 bits per heavy atom. The van der Waals surface area contributed by atoms with Crippen molar-refractivity contribution in [1.82, 2.24) is 4.90 Å². The van der Waals surface area contributed by atoms with Gasteiger partial charge in [0.1, 0.15) is 5.75 Å². The molecule has 4 heteroatoms. The Morgan fingerprint density at radius 3 is 2.74 bits per heavy atom. The highest BCUT2D eigenvalue weighted by Crippen LogP contribution is 2.24. The fourth-order valence-corrected chi connectivity index (χ4v) is 2.58. The van der Waals surface area contributed by atoms with Crippen LogP contribution in [-0.4, -0.2) is 40.7 Å². The number of carbonyl (C=O) groups excluding carboxylic acids is 1. The summed E-state index contributed by atoms with van der Waals surface area (Å²) in [5.41, 5.74) is 1.01. The van der Waals surface area contributed by atoms with Crippen molar-refractivity contribution in [2.75, 3.05) is 13.1 Å². The van der Waals surface area contributed by atoms with Crippen LogP contribution in [0.5, 0.6) is 5.75 Å². The summed E-state index contributed by atoms with van der Waals surface area (Å²) in [6.45, 7) is 8.93. The topological polar surface area (TPSA) is 49.8 Å². The van der Waals surface area contributed by atoms with Gasteiger partial charge >= 0.3 is 0 Å². The molecule has 104 valence electrons. The van der Waals surface area contributed by atoms with Gasteiger partial charge in [-0.15, -0.1) is 0 Å². The molecule has 1 unspecified atom stereocenters. The van der Waals surface area contributed by atoms with E-state index in [-0.39, 0.29) is 23.4 Å². The summed E-state index contributed by atoms with van der Waals surface area (Å²) >= 11 is 0. The molecular weight excluding hydrogens is 242 g/mol. The predicted molar refractivity (Wildman–Crippen MR) is 73.4 cm³/mol. The van der Waals surface area contributed by atoms with Crippen molar-refractivity contribution in [1.29, 1.82) is 0 Å². The van der Waals surface area contributed by atoms with E-state index >= 15 is 0 Å². The molecule has 1 N–H and O–H groups in total. The fourth-order valence-electron chi connectivity index (χ4n) is 2.58. The summed E-state index contributed by atoms with van der Waals surface area (Å²) in [5.74, 6) is 0.207. The molecule has 1 aliphatic heterocycles. The fraction of sp³-hybridized carbons (Fsp3) is 0.533. The Kier molecular flexibility index (Phi) is 3.54. The van der Waals surface area contributed by atoms with Crippen LogP contribution in [0.1, 0.15) is 36.7 Å². The number of nitrogens with zero attached hydrogens (tertiary/aromatic N) is 1. The molecule has 0 aliphatic carbocycles. The van der Waals surface area contributed by atoms with Gasteiger partial charge in [0.25, 0.3) is 5.91 Å². The molecule has 1 aliphatic rings. The van der Waals surface area contributed by atoms with Gasteiger partial charge in [0.15, 0.2) is 0 Å². The minimum atomic E-state index is -0.320. The van der Waals surface area contributed by atoms with E-state index in [2.05, 4.69) is 0 Å². The lowest BCUT2D eigenvalue weighted by Crippen LogP contribution is -2.53. The Labute approximate surface area is 114 Å². The quantitative estimate of drug-likeness (QED) is 0.846. The molecule has 0 radical (unpaired) electrons. The number of hydrogen-bond acceptors (Lipinski definition) is 3. The van der Waals surface area contributed by atoms with E-state index in [4.69, 9.17) is 4.74 Å². The summed E-state index contributed by atoms with van der Waals surface area (Å²) in [7, 11) is 0. The second-order valence-corrected chi connectivity index (χ2v) is 5.88. The molecule has 1 saturated heterocycles. The van der Waals surface area contributed by atoms with Crippen LogP contribution in [0.3, 0.4) is 0 Å². The minimum absolute atomic E-state index is 0.00803. The second-order valence-electron chi connectivity index (χ2n) is 5.88. The molecule has 1 atom stereocenters. The maximum absolute atomic E-state index is 12.5. The highest BCUT2D eigenvalue weighted by Gasteiger charge is 2.34. The largest absolute Gasteiger partial charge is 0.508 e. The number of amides is 1. The zero-order valence-electron chi connectivity index (χ0n) is 11.9. The molecule has 0 bridgehead atoms. The molecular formula is C15H21NO3. The summed E-state index contributed by atoms with van der Waals surface area (Å²) < 4.78 is 5.80. The third-order valence-electron chi connectivity index (χ3n) is 3.30. The summed E-state index contributed by atoms with van der Waals surface area (Å²) in [5, 5.41) is 9.52.